The summed E-state index contributed by atoms with van der Waals surface area (Å²) in [7, 11) is 1.47. The lowest BCUT2D eigenvalue weighted by Crippen LogP contribution is -2.27. The molecule has 2 amide bonds. The molecule has 0 N–H and O–H groups in total. The highest BCUT2D eigenvalue weighted by molar-refractivity contribution is 9.10. The average molecular weight is 585 g/mol. The van der Waals surface area contributed by atoms with Gasteiger partial charge in [0.25, 0.3) is 11.1 Å². The van der Waals surface area contributed by atoms with Crippen LogP contribution in [-0.2, 0) is 20.9 Å². The Hall–Kier alpha value is -2.30. The number of nitrogens with zero attached hydrogens (tertiary/aromatic N) is 1. The van der Waals surface area contributed by atoms with Gasteiger partial charge in [-0.25, -0.2) is 4.79 Å². The molecule has 0 radical (unpaired) electrons. The molecular weight excluding hydrogens is 566 g/mol. The van der Waals surface area contributed by atoms with Gasteiger partial charge in [-0.1, -0.05) is 28.1 Å². The highest BCUT2D eigenvalue weighted by Gasteiger charge is 2.35. The summed E-state index contributed by atoms with van der Waals surface area (Å²) in [6.07, 6.45) is 1.62. The van der Waals surface area contributed by atoms with Gasteiger partial charge in [0.1, 0.15) is 0 Å². The molecule has 32 heavy (non-hydrogen) atoms. The van der Waals surface area contributed by atoms with Gasteiger partial charge >= 0.3 is 5.97 Å². The van der Waals surface area contributed by atoms with E-state index in [-0.39, 0.29) is 30.9 Å². The van der Waals surface area contributed by atoms with E-state index < -0.39 is 5.97 Å². The Morgan fingerprint density at radius 1 is 1.16 bits per heavy atom. The third kappa shape index (κ3) is 5.93. The fourth-order valence-electron chi connectivity index (χ4n) is 2.86. The molecule has 0 aromatic heterocycles. The molecule has 0 aliphatic carbocycles. The lowest BCUT2D eigenvalue weighted by atomic mass is 10.1. The van der Waals surface area contributed by atoms with Gasteiger partial charge in [-0.3, -0.25) is 14.5 Å². The minimum absolute atomic E-state index is 0.197. The summed E-state index contributed by atoms with van der Waals surface area (Å²) in [6, 6.07) is 10.8. The monoisotopic (exact) mass is 583 g/mol. The van der Waals surface area contributed by atoms with Gasteiger partial charge in [-0.15, -0.1) is 0 Å². The smallest absolute Gasteiger partial charge is 0.344 e. The van der Waals surface area contributed by atoms with Crippen LogP contribution >= 0.6 is 43.6 Å². The zero-order valence-electron chi connectivity index (χ0n) is 17.2. The number of benzene rings is 2. The quantitative estimate of drug-likeness (QED) is 0.303. The van der Waals surface area contributed by atoms with Gasteiger partial charge in [0.15, 0.2) is 18.1 Å². The SMILES string of the molecule is CCOC(=O)COc1c(Br)cc(/C=C2\SC(=O)N(Cc3ccc(Br)cc3)C2=O)cc1OC. The van der Waals surface area contributed by atoms with Crippen LogP contribution in [-0.4, -0.2) is 42.3 Å². The summed E-state index contributed by atoms with van der Waals surface area (Å²) in [4.78, 5) is 38.3. The first-order valence-corrected chi connectivity index (χ1v) is 11.9. The van der Waals surface area contributed by atoms with E-state index in [4.69, 9.17) is 14.2 Å². The maximum atomic E-state index is 12.8. The van der Waals surface area contributed by atoms with E-state index in [0.29, 0.717) is 26.4 Å². The van der Waals surface area contributed by atoms with Gasteiger partial charge in [-0.2, -0.15) is 0 Å². The van der Waals surface area contributed by atoms with Crippen molar-refractivity contribution in [2.75, 3.05) is 20.3 Å². The van der Waals surface area contributed by atoms with Crippen LogP contribution in [0.1, 0.15) is 18.1 Å². The second-order valence-electron chi connectivity index (χ2n) is 6.52. The van der Waals surface area contributed by atoms with E-state index in [1.54, 1.807) is 25.1 Å². The molecule has 7 nitrogen and oxygen atoms in total. The number of esters is 1. The molecular formula is C22H19Br2NO6S. The van der Waals surface area contributed by atoms with Crippen LogP contribution in [0.4, 0.5) is 4.79 Å². The third-order valence-electron chi connectivity index (χ3n) is 4.32. The lowest BCUT2D eigenvalue weighted by Gasteiger charge is -2.13. The summed E-state index contributed by atoms with van der Waals surface area (Å²) in [5, 5.41) is -0.329. The largest absolute Gasteiger partial charge is 0.493 e. The lowest BCUT2D eigenvalue weighted by molar-refractivity contribution is -0.145. The van der Waals surface area contributed by atoms with Gasteiger partial charge in [0.2, 0.25) is 0 Å². The molecule has 3 rings (SSSR count). The Morgan fingerprint density at radius 3 is 2.53 bits per heavy atom. The summed E-state index contributed by atoms with van der Waals surface area (Å²) in [5.41, 5.74) is 1.48. The predicted octanol–water partition coefficient (Wildman–Crippen LogP) is 5.40. The van der Waals surface area contributed by atoms with Crippen LogP contribution in [0, 0.1) is 0 Å². The number of methoxy groups -OCH3 is 1. The average Bonchev–Trinajstić information content (AvgIpc) is 3.01. The Labute approximate surface area is 206 Å². The number of hydrogen-bond donors (Lipinski definition) is 0. The molecule has 1 saturated heterocycles. The Bertz CT molecular complexity index is 1070. The van der Waals surface area contributed by atoms with Gasteiger partial charge < -0.3 is 14.2 Å². The number of carbonyl (C=O) groups is 3. The van der Waals surface area contributed by atoms with Crippen LogP contribution < -0.4 is 9.47 Å². The molecule has 1 aliphatic rings. The normalized spacial score (nSPS) is 14.8. The maximum absolute atomic E-state index is 12.8. The Kier molecular flexibility index (Phi) is 8.38. The molecule has 1 fully saturated rings. The third-order valence-corrected chi connectivity index (χ3v) is 6.34. The topological polar surface area (TPSA) is 82.1 Å². The van der Waals surface area contributed by atoms with E-state index in [2.05, 4.69) is 31.9 Å². The first kappa shape index (κ1) is 24.3. The number of ether oxygens (including phenoxy) is 3. The van der Waals surface area contributed by atoms with Crippen molar-refractivity contribution in [3.05, 3.63) is 61.4 Å². The highest BCUT2D eigenvalue weighted by atomic mass is 79.9. The zero-order chi connectivity index (χ0) is 23.3. The molecule has 1 aliphatic heterocycles. The number of rotatable bonds is 8. The fourth-order valence-corrected chi connectivity index (χ4v) is 4.53. The van der Waals surface area contributed by atoms with Crippen molar-refractivity contribution in [1.82, 2.24) is 4.90 Å². The van der Waals surface area contributed by atoms with E-state index in [9.17, 15) is 14.4 Å². The van der Waals surface area contributed by atoms with Crippen molar-refractivity contribution in [3.63, 3.8) is 0 Å². The fraction of sp³-hybridized carbons (Fsp3) is 0.227. The second-order valence-corrected chi connectivity index (χ2v) is 9.29. The molecule has 168 valence electrons. The summed E-state index contributed by atoms with van der Waals surface area (Å²) in [6.45, 7) is 1.90. The summed E-state index contributed by atoms with van der Waals surface area (Å²) < 4.78 is 17.2. The van der Waals surface area contributed by atoms with E-state index >= 15 is 0 Å². The van der Waals surface area contributed by atoms with Crippen LogP contribution in [0.5, 0.6) is 11.5 Å². The Morgan fingerprint density at radius 2 is 1.88 bits per heavy atom. The predicted molar refractivity (Wildman–Crippen MR) is 128 cm³/mol. The molecule has 0 atom stereocenters. The molecule has 0 unspecified atom stereocenters. The van der Waals surface area contributed by atoms with Crippen LogP contribution in [0.2, 0.25) is 0 Å². The van der Waals surface area contributed by atoms with Crippen LogP contribution in [0.25, 0.3) is 6.08 Å². The molecule has 2 aromatic rings. The van der Waals surface area contributed by atoms with E-state index in [0.717, 1.165) is 21.8 Å². The molecule has 0 saturated carbocycles. The van der Waals surface area contributed by atoms with Crippen molar-refractivity contribution in [1.29, 1.82) is 0 Å². The van der Waals surface area contributed by atoms with Gasteiger partial charge in [0.05, 0.1) is 29.6 Å². The number of thioether (sulfide) groups is 1. The van der Waals surface area contributed by atoms with Gasteiger partial charge in [-0.05, 0) is 76.1 Å². The first-order chi connectivity index (χ1) is 15.3. The number of hydrogen-bond acceptors (Lipinski definition) is 7. The molecule has 10 heteroatoms. The van der Waals surface area contributed by atoms with Crippen LogP contribution in [0.15, 0.2) is 50.2 Å². The van der Waals surface area contributed by atoms with Crippen molar-refractivity contribution < 1.29 is 28.6 Å². The standard InChI is InChI=1S/C22H19Br2NO6S/c1-3-30-19(26)12-31-20-16(24)8-14(9-17(20)29-2)10-18-21(27)25(22(28)32-18)11-13-4-6-15(23)7-5-13/h4-10H,3,11-12H2,1-2H3/b18-10-. The van der Waals surface area contributed by atoms with Crippen molar-refractivity contribution in [2.45, 2.75) is 13.5 Å². The second kappa shape index (κ2) is 11.0. The number of halogens is 2. The maximum Gasteiger partial charge on any atom is 0.344 e. The minimum Gasteiger partial charge on any atom is -0.493 e. The van der Waals surface area contributed by atoms with Crippen LogP contribution in [0.3, 0.4) is 0 Å². The van der Waals surface area contributed by atoms with Crippen molar-refractivity contribution in [3.8, 4) is 11.5 Å². The number of amides is 2. The number of carbonyl (C=O) groups excluding carboxylic acids is 3. The van der Waals surface area contributed by atoms with Gasteiger partial charge in [0, 0.05) is 4.47 Å². The molecule has 1 heterocycles. The number of imide groups is 1. The highest BCUT2D eigenvalue weighted by Crippen LogP contribution is 2.39. The summed E-state index contributed by atoms with van der Waals surface area (Å²) >= 11 is 7.66. The zero-order valence-corrected chi connectivity index (χ0v) is 21.2. The summed E-state index contributed by atoms with van der Waals surface area (Å²) in [5.74, 6) is -0.157. The van der Waals surface area contributed by atoms with Crippen molar-refractivity contribution >= 4 is 66.8 Å². The Balaban J connectivity index is 1.79. The van der Waals surface area contributed by atoms with Crippen molar-refractivity contribution in [2.24, 2.45) is 0 Å². The molecule has 0 spiro atoms. The minimum atomic E-state index is -0.495. The molecule has 0 bridgehead atoms. The van der Waals surface area contributed by atoms with E-state index in [1.807, 2.05) is 24.3 Å². The molecule has 2 aromatic carbocycles. The first-order valence-electron chi connectivity index (χ1n) is 9.48. The van der Waals surface area contributed by atoms with E-state index in [1.165, 1.54) is 12.0 Å².